The number of hydrogen-bond acceptors (Lipinski definition) is 3. The number of nitrogens with one attached hydrogen (secondary N) is 1. The number of carbonyl (C=O) groups excluding carboxylic acids is 1. The van der Waals surface area contributed by atoms with Crippen LogP contribution in [0.4, 0.5) is 0 Å². The predicted octanol–water partition coefficient (Wildman–Crippen LogP) is 2.72. The molecule has 1 aromatic heterocycles. The summed E-state index contributed by atoms with van der Waals surface area (Å²) < 4.78 is 0.994. The minimum Gasteiger partial charge on any atom is -0.350 e. The average Bonchev–Trinajstić information content (AvgIpc) is 2.62. The van der Waals surface area contributed by atoms with Crippen LogP contribution in [0.25, 0.3) is 0 Å². The van der Waals surface area contributed by atoms with Gasteiger partial charge in [-0.1, -0.05) is 0 Å². The van der Waals surface area contributed by atoms with Gasteiger partial charge in [-0.3, -0.25) is 4.79 Å². The summed E-state index contributed by atoms with van der Waals surface area (Å²) in [5.74, 6) is 0.0278. The Morgan fingerprint density at radius 3 is 2.71 bits per heavy atom. The highest BCUT2D eigenvalue weighted by molar-refractivity contribution is 9.11. The molecule has 1 saturated carbocycles. The maximum atomic E-state index is 11.9. The maximum Gasteiger partial charge on any atom is 0.252 e. The van der Waals surface area contributed by atoms with Crippen LogP contribution >= 0.6 is 27.3 Å². The van der Waals surface area contributed by atoms with Crippen molar-refractivity contribution in [1.29, 1.82) is 0 Å². The van der Waals surface area contributed by atoms with Crippen LogP contribution in [0.15, 0.2) is 15.2 Å². The molecule has 0 saturated heterocycles. The second-order valence-corrected chi connectivity index (χ2v) is 7.08. The second-order valence-electron chi connectivity index (χ2n) is 4.79. The van der Waals surface area contributed by atoms with Gasteiger partial charge in [-0.2, -0.15) is 0 Å². The van der Waals surface area contributed by atoms with Crippen LogP contribution in [0, 0.1) is 0 Å². The Hall–Kier alpha value is -0.390. The summed E-state index contributed by atoms with van der Waals surface area (Å²) >= 11 is 4.91. The molecule has 3 nitrogen and oxygen atoms in total. The van der Waals surface area contributed by atoms with E-state index in [1.807, 2.05) is 11.4 Å². The van der Waals surface area contributed by atoms with Crippen LogP contribution in [0.5, 0.6) is 0 Å². The first-order chi connectivity index (χ1) is 8.03. The molecule has 0 spiro atoms. The number of amides is 1. The van der Waals surface area contributed by atoms with Gasteiger partial charge >= 0.3 is 0 Å². The number of hydrogen-bond donors (Lipinski definition) is 1. The lowest BCUT2D eigenvalue weighted by molar-refractivity contribution is 0.0558. The number of thiophene rings is 1. The van der Waals surface area contributed by atoms with Gasteiger partial charge in [0.1, 0.15) is 0 Å². The lowest BCUT2D eigenvalue weighted by Crippen LogP contribution is -2.57. The molecule has 5 heteroatoms. The summed E-state index contributed by atoms with van der Waals surface area (Å²) in [6.07, 6.45) is 3.61. The lowest BCUT2D eigenvalue weighted by Gasteiger charge is -2.47. The van der Waals surface area contributed by atoms with Crippen molar-refractivity contribution >= 4 is 33.2 Å². The van der Waals surface area contributed by atoms with Gasteiger partial charge in [-0.05, 0) is 55.4 Å². The summed E-state index contributed by atoms with van der Waals surface area (Å²) in [6, 6.07) is 1.86. The summed E-state index contributed by atoms with van der Waals surface area (Å²) in [6.45, 7) is 0.742. The molecule has 0 atom stereocenters. The van der Waals surface area contributed by atoms with Gasteiger partial charge in [0.2, 0.25) is 0 Å². The van der Waals surface area contributed by atoms with E-state index in [9.17, 15) is 4.79 Å². The highest BCUT2D eigenvalue weighted by atomic mass is 79.9. The molecule has 1 amide bonds. The third-order valence-electron chi connectivity index (χ3n) is 3.64. The molecule has 0 unspecified atom stereocenters. The Morgan fingerprint density at radius 2 is 2.29 bits per heavy atom. The molecule has 0 aromatic carbocycles. The Bertz CT molecular complexity index is 412. The number of carbonyl (C=O) groups is 1. The molecular weight excluding hydrogens is 300 g/mol. The fourth-order valence-electron chi connectivity index (χ4n) is 2.14. The van der Waals surface area contributed by atoms with Crippen LogP contribution in [-0.2, 0) is 0 Å². The number of nitrogens with zero attached hydrogens (tertiary/aromatic N) is 1. The van der Waals surface area contributed by atoms with E-state index in [4.69, 9.17) is 0 Å². The van der Waals surface area contributed by atoms with Gasteiger partial charge in [0.05, 0.1) is 9.35 Å². The first-order valence-corrected chi connectivity index (χ1v) is 7.40. The van der Waals surface area contributed by atoms with Crippen LogP contribution in [0.3, 0.4) is 0 Å². The highest BCUT2D eigenvalue weighted by Gasteiger charge is 2.39. The Morgan fingerprint density at radius 1 is 1.59 bits per heavy atom. The normalized spacial score (nSPS) is 17.9. The van der Waals surface area contributed by atoms with Crippen molar-refractivity contribution < 1.29 is 4.79 Å². The monoisotopic (exact) mass is 316 g/mol. The molecule has 17 heavy (non-hydrogen) atoms. The topological polar surface area (TPSA) is 32.3 Å². The molecule has 1 N–H and O–H groups in total. The van der Waals surface area contributed by atoms with E-state index in [2.05, 4.69) is 40.2 Å². The van der Waals surface area contributed by atoms with Gasteiger partial charge in [0, 0.05) is 17.5 Å². The smallest absolute Gasteiger partial charge is 0.252 e. The van der Waals surface area contributed by atoms with Gasteiger partial charge in [0.25, 0.3) is 5.91 Å². The molecule has 94 valence electrons. The summed E-state index contributed by atoms with van der Waals surface area (Å²) in [7, 11) is 4.18. The van der Waals surface area contributed by atoms with Crippen molar-refractivity contribution in [2.45, 2.75) is 24.8 Å². The van der Waals surface area contributed by atoms with Gasteiger partial charge in [-0.25, -0.2) is 0 Å². The molecule has 1 aliphatic rings. The van der Waals surface area contributed by atoms with E-state index in [1.54, 1.807) is 0 Å². The van der Waals surface area contributed by atoms with E-state index >= 15 is 0 Å². The van der Waals surface area contributed by atoms with Crippen molar-refractivity contribution in [3.8, 4) is 0 Å². The first-order valence-electron chi connectivity index (χ1n) is 5.73. The summed E-state index contributed by atoms with van der Waals surface area (Å²) in [4.78, 5) is 14.2. The zero-order valence-corrected chi connectivity index (χ0v) is 12.5. The largest absolute Gasteiger partial charge is 0.350 e. The molecule has 0 bridgehead atoms. The van der Waals surface area contributed by atoms with E-state index in [0.29, 0.717) is 0 Å². The highest BCUT2D eigenvalue weighted by Crippen LogP contribution is 2.35. The molecular formula is C12H17BrN2OS. The third-order valence-corrected chi connectivity index (χ3v) is 5.15. The molecule has 0 aliphatic heterocycles. The molecule has 2 rings (SSSR count). The van der Waals surface area contributed by atoms with E-state index in [-0.39, 0.29) is 11.4 Å². The molecule has 0 radical (unpaired) electrons. The van der Waals surface area contributed by atoms with Crippen molar-refractivity contribution in [1.82, 2.24) is 10.2 Å². The fraction of sp³-hybridized carbons (Fsp3) is 0.583. The Labute approximate surface area is 114 Å². The number of halogens is 1. The number of rotatable bonds is 4. The zero-order valence-electron chi connectivity index (χ0n) is 10.1. The van der Waals surface area contributed by atoms with Gasteiger partial charge < -0.3 is 10.2 Å². The van der Waals surface area contributed by atoms with E-state index in [1.165, 1.54) is 30.6 Å². The lowest BCUT2D eigenvalue weighted by atomic mass is 9.75. The minimum atomic E-state index is 0.0278. The quantitative estimate of drug-likeness (QED) is 0.926. The number of likely N-dealkylation sites (N-methyl/N-ethyl adjacent to an activating group) is 1. The fourth-order valence-corrected chi connectivity index (χ4v) is 3.28. The molecule has 1 aliphatic carbocycles. The van der Waals surface area contributed by atoms with Crippen molar-refractivity contribution in [2.24, 2.45) is 0 Å². The molecule has 1 fully saturated rings. The summed E-state index contributed by atoms with van der Waals surface area (Å²) in [5, 5.41) is 4.92. The SMILES string of the molecule is CN(C)C1(CNC(=O)c2csc(Br)c2)CCC1. The van der Waals surface area contributed by atoms with Crippen molar-refractivity contribution in [3.05, 3.63) is 20.8 Å². The van der Waals surface area contributed by atoms with Crippen LogP contribution < -0.4 is 5.32 Å². The van der Waals surface area contributed by atoms with E-state index < -0.39 is 0 Å². The average molecular weight is 317 g/mol. The van der Waals surface area contributed by atoms with Gasteiger partial charge in [-0.15, -0.1) is 11.3 Å². The van der Waals surface area contributed by atoms with Crippen LogP contribution in [-0.4, -0.2) is 37.0 Å². The predicted molar refractivity (Wildman–Crippen MR) is 74.6 cm³/mol. The third kappa shape index (κ3) is 2.72. The van der Waals surface area contributed by atoms with Crippen molar-refractivity contribution in [2.75, 3.05) is 20.6 Å². The molecule has 1 heterocycles. The van der Waals surface area contributed by atoms with Gasteiger partial charge in [0.15, 0.2) is 0 Å². The van der Waals surface area contributed by atoms with Crippen LogP contribution in [0.1, 0.15) is 29.6 Å². The zero-order chi connectivity index (χ0) is 12.5. The minimum absolute atomic E-state index is 0.0278. The summed E-state index contributed by atoms with van der Waals surface area (Å²) in [5.41, 5.74) is 0.929. The van der Waals surface area contributed by atoms with Crippen LogP contribution in [0.2, 0.25) is 0 Å². The first kappa shape index (κ1) is 13.1. The Balaban J connectivity index is 1.92. The van der Waals surface area contributed by atoms with E-state index in [0.717, 1.165) is 15.9 Å². The maximum absolute atomic E-state index is 11.9. The Kier molecular flexibility index (Phi) is 3.90. The second kappa shape index (κ2) is 5.08. The molecule has 1 aromatic rings. The standard InChI is InChI=1S/C12H17BrN2OS/c1-15(2)12(4-3-5-12)8-14-11(16)9-6-10(13)17-7-9/h6-7H,3-5,8H2,1-2H3,(H,14,16). The van der Waals surface area contributed by atoms with Crippen molar-refractivity contribution in [3.63, 3.8) is 0 Å².